The van der Waals surface area contributed by atoms with Gasteiger partial charge in [0.05, 0.1) is 23.8 Å². The van der Waals surface area contributed by atoms with E-state index in [-0.39, 0.29) is 10.8 Å². The van der Waals surface area contributed by atoms with E-state index in [1.54, 1.807) is 49.4 Å². The molecule has 1 amide bonds. The SMILES string of the molecule is C[C@@H](Nc1cccc(S(=O)(=O)N(C)c2ccccc2)c1)C(=O)Nc1ccc(N2CCOCC2)cc1. The Morgan fingerprint density at radius 3 is 2.31 bits per heavy atom. The highest BCUT2D eigenvalue weighted by Gasteiger charge is 2.22. The normalized spacial score (nSPS) is 14.7. The second-order valence-electron chi connectivity index (χ2n) is 8.34. The minimum atomic E-state index is -3.75. The average molecular weight is 495 g/mol. The van der Waals surface area contributed by atoms with Gasteiger partial charge in [-0.05, 0) is 61.5 Å². The molecule has 8 nitrogen and oxygen atoms in total. The maximum atomic E-state index is 13.1. The van der Waals surface area contributed by atoms with E-state index in [1.807, 2.05) is 30.3 Å². The van der Waals surface area contributed by atoms with Gasteiger partial charge in [-0.25, -0.2) is 8.42 Å². The van der Waals surface area contributed by atoms with Crippen molar-refractivity contribution in [2.75, 3.05) is 53.2 Å². The fourth-order valence-corrected chi connectivity index (χ4v) is 5.07. The molecule has 0 saturated carbocycles. The van der Waals surface area contributed by atoms with Crippen molar-refractivity contribution in [2.45, 2.75) is 17.9 Å². The van der Waals surface area contributed by atoms with E-state index in [0.29, 0.717) is 30.3 Å². The number of nitrogens with zero attached hydrogens (tertiary/aromatic N) is 2. The van der Waals surface area contributed by atoms with Gasteiger partial charge in [0.2, 0.25) is 5.91 Å². The fourth-order valence-electron chi connectivity index (χ4n) is 3.82. The Bertz CT molecular complexity index is 1240. The van der Waals surface area contributed by atoms with Crippen LogP contribution in [0.5, 0.6) is 0 Å². The molecule has 4 rings (SSSR count). The maximum Gasteiger partial charge on any atom is 0.264 e. The molecule has 1 heterocycles. The number of morpholine rings is 1. The molecule has 1 fully saturated rings. The van der Waals surface area contributed by atoms with Gasteiger partial charge in [-0.2, -0.15) is 0 Å². The lowest BCUT2D eigenvalue weighted by Crippen LogP contribution is -2.36. The standard InChI is InChI=1S/C26H30N4O4S/c1-20(26(31)28-21-11-13-24(14-12-21)30-15-17-34-18-16-30)27-22-7-6-10-25(19-22)35(32,33)29(2)23-8-4-3-5-9-23/h3-14,19-20,27H,15-18H2,1-2H3,(H,28,31)/t20-/m1/s1. The summed E-state index contributed by atoms with van der Waals surface area (Å²) in [6, 6.07) is 22.5. The van der Waals surface area contributed by atoms with Crippen LogP contribution in [-0.2, 0) is 19.6 Å². The van der Waals surface area contributed by atoms with Crippen molar-refractivity contribution in [3.05, 3.63) is 78.9 Å². The fraction of sp³-hybridized carbons (Fsp3) is 0.269. The average Bonchev–Trinajstić information content (AvgIpc) is 2.89. The summed E-state index contributed by atoms with van der Waals surface area (Å²) in [5, 5.41) is 6.00. The molecule has 1 aliphatic heterocycles. The van der Waals surface area contributed by atoms with E-state index in [4.69, 9.17) is 4.74 Å². The van der Waals surface area contributed by atoms with Crippen LogP contribution in [-0.4, -0.2) is 53.7 Å². The first-order valence-corrected chi connectivity index (χ1v) is 12.9. The highest BCUT2D eigenvalue weighted by atomic mass is 32.2. The van der Waals surface area contributed by atoms with Crippen molar-refractivity contribution in [2.24, 2.45) is 0 Å². The molecular weight excluding hydrogens is 464 g/mol. The molecule has 0 unspecified atom stereocenters. The summed E-state index contributed by atoms with van der Waals surface area (Å²) in [6.45, 7) is 4.86. The van der Waals surface area contributed by atoms with Crippen LogP contribution in [0.1, 0.15) is 6.92 Å². The van der Waals surface area contributed by atoms with E-state index < -0.39 is 16.1 Å². The Morgan fingerprint density at radius 2 is 1.63 bits per heavy atom. The Balaban J connectivity index is 1.39. The van der Waals surface area contributed by atoms with Crippen molar-refractivity contribution in [3.63, 3.8) is 0 Å². The number of anilines is 4. The van der Waals surface area contributed by atoms with Crippen LogP contribution in [0.15, 0.2) is 83.8 Å². The third kappa shape index (κ3) is 5.93. The lowest BCUT2D eigenvalue weighted by atomic mass is 10.2. The zero-order valence-electron chi connectivity index (χ0n) is 19.8. The summed E-state index contributed by atoms with van der Waals surface area (Å²) in [5.41, 5.74) is 2.90. The second-order valence-corrected chi connectivity index (χ2v) is 10.3. The van der Waals surface area contributed by atoms with E-state index >= 15 is 0 Å². The molecule has 1 atom stereocenters. The number of carbonyl (C=O) groups excluding carboxylic acids is 1. The van der Waals surface area contributed by atoms with Crippen molar-refractivity contribution < 1.29 is 17.9 Å². The quantitative estimate of drug-likeness (QED) is 0.495. The Kier molecular flexibility index (Phi) is 7.57. The van der Waals surface area contributed by atoms with E-state index in [9.17, 15) is 13.2 Å². The molecular formula is C26H30N4O4S. The van der Waals surface area contributed by atoms with Crippen LogP contribution >= 0.6 is 0 Å². The molecule has 0 radical (unpaired) electrons. The molecule has 0 bridgehead atoms. The third-order valence-electron chi connectivity index (χ3n) is 5.90. The molecule has 0 aromatic heterocycles. The van der Waals surface area contributed by atoms with Gasteiger partial charge in [-0.3, -0.25) is 9.10 Å². The van der Waals surface area contributed by atoms with Crippen LogP contribution < -0.4 is 19.8 Å². The number of benzene rings is 3. The lowest BCUT2D eigenvalue weighted by molar-refractivity contribution is -0.116. The third-order valence-corrected chi connectivity index (χ3v) is 7.68. The highest BCUT2D eigenvalue weighted by Crippen LogP contribution is 2.24. The van der Waals surface area contributed by atoms with Gasteiger partial charge in [0, 0.05) is 37.2 Å². The molecule has 1 aliphatic rings. The largest absolute Gasteiger partial charge is 0.378 e. The number of rotatable bonds is 8. The molecule has 3 aromatic carbocycles. The number of amides is 1. The minimum Gasteiger partial charge on any atom is -0.378 e. The zero-order chi connectivity index (χ0) is 24.8. The molecule has 2 N–H and O–H groups in total. The summed E-state index contributed by atoms with van der Waals surface area (Å²) >= 11 is 0. The minimum absolute atomic E-state index is 0.139. The van der Waals surface area contributed by atoms with Crippen molar-refractivity contribution in [3.8, 4) is 0 Å². The molecule has 1 saturated heterocycles. The number of sulfonamides is 1. The number of para-hydroxylation sites is 1. The van der Waals surface area contributed by atoms with Gasteiger partial charge in [0.25, 0.3) is 10.0 Å². The number of nitrogens with one attached hydrogen (secondary N) is 2. The predicted molar refractivity (Wildman–Crippen MR) is 140 cm³/mol. The lowest BCUT2D eigenvalue weighted by Gasteiger charge is -2.29. The maximum absolute atomic E-state index is 13.1. The Labute approximate surface area is 206 Å². The van der Waals surface area contributed by atoms with Gasteiger partial charge in [0.1, 0.15) is 6.04 Å². The molecule has 184 valence electrons. The van der Waals surface area contributed by atoms with E-state index in [2.05, 4.69) is 15.5 Å². The van der Waals surface area contributed by atoms with Crippen molar-refractivity contribution >= 4 is 38.7 Å². The first-order valence-electron chi connectivity index (χ1n) is 11.5. The smallest absolute Gasteiger partial charge is 0.264 e. The van der Waals surface area contributed by atoms with Gasteiger partial charge >= 0.3 is 0 Å². The zero-order valence-corrected chi connectivity index (χ0v) is 20.7. The first-order chi connectivity index (χ1) is 16.8. The summed E-state index contributed by atoms with van der Waals surface area (Å²) in [5.74, 6) is -0.223. The van der Waals surface area contributed by atoms with Crippen LogP contribution in [0.4, 0.5) is 22.7 Å². The topological polar surface area (TPSA) is 91.0 Å². The second kappa shape index (κ2) is 10.8. The Morgan fingerprint density at radius 1 is 0.943 bits per heavy atom. The molecule has 0 aliphatic carbocycles. The van der Waals surface area contributed by atoms with E-state index in [0.717, 1.165) is 18.8 Å². The monoisotopic (exact) mass is 494 g/mol. The van der Waals surface area contributed by atoms with Gasteiger partial charge in [-0.15, -0.1) is 0 Å². The molecule has 9 heteroatoms. The highest BCUT2D eigenvalue weighted by molar-refractivity contribution is 7.92. The van der Waals surface area contributed by atoms with Crippen LogP contribution in [0.3, 0.4) is 0 Å². The number of hydrogen-bond donors (Lipinski definition) is 2. The van der Waals surface area contributed by atoms with Crippen LogP contribution in [0, 0.1) is 0 Å². The van der Waals surface area contributed by atoms with Gasteiger partial charge < -0.3 is 20.3 Å². The summed E-state index contributed by atoms with van der Waals surface area (Å²) in [6.07, 6.45) is 0. The first kappa shape index (κ1) is 24.6. The summed E-state index contributed by atoms with van der Waals surface area (Å²) < 4.78 is 32.8. The predicted octanol–water partition coefficient (Wildman–Crippen LogP) is 3.79. The summed E-state index contributed by atoms with van der Waals surface area (Å²) in [4.78, 5) is 15.1. The van der Waals surface area contributed by atoms with Gasteiger partial charge in [0.15, 0.2) is 0 Å². The van der Waals surface area contributed by atoms with Crippen molar-refractivity contribution in [1.29, 1.82) is 0 Å². The van der Waals surface area contributed by atoms with Gasteiger partial charge in [-0.1, -0.05) is 24.3 Å². The Hall–Kier alpha value is -3.56. The molecule has 0 spiro atoms. The van der Waals surface area contributed by atoms with Crippen LogP contribution in [0.25, 0.3) is 0 Å². The number of ether oxygens (including phenoxy) is 1. The van der Waals surface area contributed by atoms with E-state index in [1.165, 1.54) is 17.4 Å². The summed E-state index contributed by atoms with van der Waals surface area (Å²) in [7, 11) is -2.23. The molecule has 3 aromatic rings. The van der Waals surface area contributed by atoms with Crippen LogP contribution in [0.2, 0.25) is 0 Å². The number of hydrogen-bond acceptors (Lipinski definition) is 6. The molecule has 35 heavy (non-hydrogen) atoms. The van der Waals surface area contributed by atoms with Crippen molar-refractivity contribution in [1.82, 2.24) is 0 Å². The number of carbonyl (C=O) groups is 1.